The number of likely N-dealkylation sites (N-methyl/N-ethyl adjacent to an activating group) is 1. The molecule has 0 aliphatic heterocycles. The van der Waals surface area contributed by atoms with E-state index in [-0.39, 0.29) is 0 Å². The minimum absolute atomic E-state index is 0.443. The quantitative estimate of drug-likeness (QED) is 0.927. The molecule has 0 saturated carbocycles. The van der Waals surface area contributed by atoms with Crippen molar-refractivity contribution in [1.29, 1.82) is 0 Å². The van der Waals surface area contributed by atoms with Crippen LogP contribution in [0, 0.1) is 13.8 Å². The number of rotatable bonds is 4. The summed E-state index contributed by atoms with van der Waals surface area (Å²) in [6, 6.07) is 7.79. The van der Waals surface area contributed by atoms with Crippen LogP contribution in [0.25, 0.3) is 5.69 Å². The van der Waals surface area contributed by atoms with Gasteiger partial charge in [-0.1, -0.05) is 24.6 Å². The van der Waals surface area contributed by atoms with Crippen molar-refractivity contribution in [3.05, 3.63) is 46.2 Å². The predicted octanol–water partition coefficient (Wildman–Crippen LogP) is 3.47. The van der Waals surface area contributed by atoms with E-state index in [1.165, 1.54) is 11.3 Å². The molecular weight excluding hydrogens is 258 g/mol. The van der Waals surface area contributed by atoms with Gasteiger partial charge in [0.2, 0.25) is 0 Å². The minimum atomic E-state index is 0.443. The summed E-state index contributed by atoms with van der Waals surface area (Å²) in [4.78, 5) is 0. The van der Waals surface area contributed by atoms with Crippen molar-refractivity contribution >= 4 is 11.6 Å². The zero-order valence-electron chi connectivity index (χ0n) is 11.9. The van der Waals surface area contributed by atoms with Gasteiger partial charge in [-0.15, -0.1) is 0 Å². The van der Waals surface area contributed by atoms with Crippen LogP contribution >= 0.6 is 11.6 Å². The first-order valence-electron chi connectivity index (χ1n) is 6.51. The molecule has 0 amide bonds. The van der Waals surface area contributed by atoms with Gasteiger partial charge in [-0.2, -0.15) is 5.10 Å². The lowest BCUT2D eigenvalue weighted by molar-refractivity contribution is 0.670. The molecule has 2 rings (SSSR count). The van der Waals surface area contributed by atoms with Crippen LogP contribution in [-0.2, 0) is 0 Å². The highest BCUT2D eigenvalue weighted by molar-refractivity contribution is 6.30. The van der Waals surface area contributed by atoms with Crippen molar-refractivity contribution in [2.75, 3.05) is 13.6 Å². The van der Waals surface area contributed by atoms with Gasteiger partial charge in [-0.25, -0.2) is 4.68 Å². The molecule has 0 fully saturated rings. The molecule has 0 saturated heterocycles. The van der Waals surface area contributed by atoms with Crippen molar-refractivity contribution in [2.24, 2.45) is 0 Å². The Morgan fingerprint density at radius 2 is 2.11 bits per heavy atom. The van der Waals surface area contributed by atoms with Crippen molar-refractivity contribution in [1.82, 2.24) is 15.1 Å². The molecule has 0 spiro atoms. The number of benzene rings is 1. The topological polar surface area (TPSA) is 29.9 Å². The fourth-order valence-electron chi connectivity index (χ4n) is 2.64. The van der Waals surface area contributed by atoms with E-state index in [0.29, 0.717) is 5.92 Å². The van der Waals surface area contributed by atoms with Crippen molar-refractivity contribution < 1.29 is 0 Å². The third-order valence-corrected chi connectivity index (χ3v) is 3.64. The van der Waals surface area contributed by atoms with Gasteiger partial charge in [0.15, 0.2) is 0 Å². The van der Waals surface area contributed by atoms with Gasteiger partial charge >= 0.3 is 0 Å². The standard InChI is InChI=1S/C15H20ClN3/c1-10(9-17-4)15-11(2)18-19(12(15)3)14-7-5-6-13(16)8-14/h5-8,10,17H,9H2,1-4H3. The fraction of sp³-hybridized carbons (Fsp3) is 0.400. The van der Waals surface area contributed by atoms with Crippen LogP contribution in [0.15, 0.2) is 24.3 Å². The van der Waals surface area contributed by atoms with Gasteiger partial charge in [-0.05, 0) is 45.0 Å². The second-order valence-electron chi connectivity index (χ2n) is 4.93. The Balaban J connectivity index is 2.47. The maximum absolute atomic E-state index is 6.05. The van der Waals surface area contributed by atoms with E-state index in [9.17, 15) is 0 Å². The van der Waals surface area contributed by atoms with Crippen LogP contribution in [0.4, 0.5) is 0 Å². The van der Waals surface area contributed by atoms with E-state index in [1.807, 2.05) is 36.0 Å². The molecule has 1 aromatic carbocycles. The number of nitrogens with one attached hydrogen (secondary N) is 1. The molecule has 1 aromatic heterocycles. The van der Waals surface area contributed by atoms with Crippen LogP contribution in [0.5, 0.6) is 0 Å². The molecular formula is C15H20ClN3. The Hall–Kier alpha value is -1.32. The second kappa shape index (κ2) is 5.76. The maximum atomic E-state index is 6.05. The molecule has 3 nitrogen and oxygen atoms in total. The van der Waals surface area contributed by atoms with Crippen molar-refractivity contribution in [2.45, 2.75) is 26.7 Å². The molecule has 0 radical (unpaired) electrons. The first kappa shape index (κ1) is 14.1. The molecule has 0 aliphatic carbocycles. The summed E-state index contributed by atoms with van der Waals surface area (Å²) >= 11 is 6.05. The lowest BCUT2D eigenvalue weighted by Crippen LogP contribution is -2.15. The van der Waals surface area contributed by atoms with Gasteiger partial charge in [0, 0.05) is 22.8 Å². The van der Waals surface area contributed by atoms with E-state index < -0.39 is 0 Å². The van der Waals surface area contributed by atoms with Crippen LogP contribution in [0.2, 0.25) is 5.02 Å². The fourth-order valence-corrected chi connectivity index (χ4v) is 2.82. The van der Waals surface area contributed by atoms with Crippen LogP contribution < -0.4 is 5.32 Å². The Bertz CT molecular complexity index is 575. The smallest absolute Gasteiger partial charge is 0.0663 e. The summed E-state index contributed by atoms with van der Waals surface area (Å²) in [7, 11) is 1.97. The number of aromatic nitrogens is 2. The zero-order valence-corrected chi connectivity index (χ0v) is 12.6. The largest absolute Gasteiger partial charge is 0.319 e. The first-order valence-corrected chi connectivity index (χ1v) is 6.89. The summed E-state index contributed by atoms with van der Waals surface area (Å²) in [6.45, 7) is 7.34. The highest BCUT2D eigenvalue weighted by Crippen LogP contribution is 2.25. The molecule has 0 aliphatic rings. The summed E-state index contributed by atoms with van der Waals surface area (Å²) in [5.74, 6) is 0.443. The van der Waals surface area contributed by atoms with E-state index in [0.717, 1.165) is 22.9 Å². The number of aryl methyl sites for hydroxylation is 1. The molecule has 19 heavy (non-hydrogen) atoms. The third kappa shape index (κ3) is 2.82. The van der Waals surface area contributed by atoms with Gasteiger partial charge < -0.3 is 5.32 Å². The van der Waals surface area contributed by atoms with Crippen molar-refractivity contribution in [3.63, 3.8) is 0 Å². The highest BCUT2D eigenvalue weighted by Gasteiger charge is 2.17. The van der Waals surface area contributed by atoms with Gasteiger partial charge in [0.1, 0.15) is 0 Å². The molecule has 102 valence electrons. The Morgan fingerprint density at radius 1 is 1.37 bits per heavy atom. The van der Waals surface area contributed by atoms with E-state index in [1.54, 1.807) is 0 Å². The molecule has 1 heterocycles. The second-order valence-corrected chi connectivity index (χ2v) is 5.37. The van der Waals surface area contributed by atoms with Crippen LogP contribution in [-0.4, -0.2) is 23.4 Å². The summed E-state index contributed by atoms with van der Waals surface area (Å²) in [6.07, 6.45) is 0. The molecule has 1 N–H and O–H groups in total. The zero-order chi connectivity index (χ0) is 14.0. The number of halogens is 1. The summed E-state index contributed by atoms with van der Waals surface area (Å²) in [5, 5.41) is 8.61. The summed E-state index contributed by atoms with van der Waals surface area (Å²) < 4.78 is 1.97. The van der Waals surface area contributed by atoms with Crippen LogP contribution in [0.1, 0.15) is 29.8 Å². The Kier molecular flexibility index (Phi) is 4.27. The SMILES string of the molecule is CNCC(C)c1c(C)nn(-c2cccc(Cl)c2)c1C. The van der Waals surface area contributed by atoms with E-state index in [2.05, 4.69) is 31.2 Å². The number of hydrogen-bond acceptors (Lipinski definition) is 2. The Morgan fingerprint density at radius 3 is 2.74 bits per heavy atom. The van der Waals surface area contributed by atoms with Gasteiger partial charge in [0.25, 0.3) is 0 Å². The number of nitrogens with zero attached hydrogens (tertiary/aromatic N) is 2. The lowest BCUT2D eigenvalue weighted by atomic mass is 9.99. The summed E-state index contributed by atoms with van der Waals surface area (Å²) in [5.41, 5.74) is 4.59. The van der Waals surface area contributed by atoms with Gasteiger partial charge in [-0.3, -0.25) is 0 Å². The van der Waals surface area contributed by atoms with E-state index >= 15 is 0 Å². The lowest BCUT2D eigenvalue weighted by Gasteiger charge is -2.12. The van der Waals surface area contributed by atoms with Crippen molar-refractivity contribution in [3.8, 4) is 5.69 Å². The molecule has 2 aromatic rings. The van der Waals surface area contributed by atoms with Crippen LogP contribution in [0.3, 0.4) is 0 Å². The highest BCUT2D eigenvalue weighted by atomic mass is 35.5. The maximum Gasteiger partial charge on any atom is 0.0663 e. The molecule has 1 atom stereocenters. The Labute approximate surface area is 119 Å². The normalized spacial score (nSPS) is 12.7. The van der Waals surface area contributed by atoms with E-state index in [4.69, 9.17) is 11.6 Å². The molecule has 0 bridgehead atoms. The monoisotopic (exact) mass is 277 g/mol. The van der Waals surface area contributed by atoms with Gasteiger partial charge in [0.05, 0.1) is 11.4 Å². The number of hydrogen-bond donors (Lipinski definition) is 1. The predicted molar refractivity (Wildman–Crippen MR) is 80.4 cm³/mol. The average Bonchev–Trinajstić information content (AvgIpc) is 2.65. The third-order valence-electron chi connectivity index (χ3n) is 3.40. The first-order chi connectivity index (χ1) is 9.04. The molecule has 1 unspecified atom stereocenters. The average molecular weight is 278 g/mol. The molecule has 4 heteroatoms. The minimum Gasteiger partial charge on any atom is -0.319 e.